The lowest BCUT2D eigenvalue weighted by atomic mass is 9.92. The molecule has 0 unspecified atom stereocenters. The van der Waals surface area contributed by atoms with E-state index in [1.165, 1.54) is 16.9 Å². The van der Waals surface area contributed by atoms with Crippen LogP contribution in [-0.4, -0.2) is 17.1 Å². The number of ether oxygens (including phenoxy) is 2. The van der Waals surface area contributed by atoms with E-state index in [1.807, 2.05) is 61.5 Å². The molecule has 5 rings (SSSR count). The van der Waals surface area contributed by atoms with Crippen LogP contribution in [0.15, 0.2) is 92.3 Å². The molecule has 0 radical (unpaired) electrons. The summed E-state index contributed by atoms with van der Waals surface area (Å²) in [7, 11) is 0. The molecular formula is C36H34BrN3O4S. The second-order valence-corrected chi connectivity index (χ2v) is 12.8. The van der Waals surface area contributed by atoms with Gasteiger partial charge in [-0.15, -0.1) is 0 Å². The topological polar surface area (TPSA) is 93.7 Å². The number of esters is 1. The summed E-state index contributed by atoms with van der Waals surface area (Å²) in [5.41, 5.74) is 5.03. The summed E-state index contributed by atoms with van der Waals surface area (Å²) in [4.78, 5) is 32.9. The Bertz CT molecular complexity index is 1980. The van der Waals surface area contributed by atoms with E-state index in [-0.39, 0.29) is 18.8 Å². The Balaban J connectivity index is 1.56. The first-order valence-corrected chi connectivity index (χ1v) is 16.6. The molecule has 45 heavy (non-hydrogen) atoms. The Hall–Kier alpha value is -4.26. The summed E-state index contributed by atoms with van der Waals surface area (Å²) in [5, 5.41) is 9.37. The Morgan fingerprint density at radius 2 is 1.89 bits per heavy atom. The van der Waals surface area contributed by atoms with Crippen LogP contribution < -0.4 is 19.6 Å². The van der Waals surface area contributed by atoms with Gasteiger partial charge in [0.2, 0.25) is 0 Å². The van der Waals surface area contributed by atoms with E-state index >= 15 is 0 Å². The number of allylic oxidation sites excluding steroid dienone is 1. The maximum absolute atomic E-state index is 14.1. The fourth-order valence-electron chi connectivity index (χ4n) is 5.29. The first-order chi connectivity index (χ1) is 21.7. The minimum Gasteiger partial charge on any atom is -0.488 e. The van der Waals surface area contributed by atoms with Crippen LogP contribution in [0.2, 0.25) is 0 Å². The van der Waals surface area contributed by atoms with Crippen LogP contribution in [0.3, 0.4) is 0 Å². The molecule has 1 aliphatic heterocycles. The molecule has 9 heteroatoms. The number of carbonyl (C=O) groups excluding carboxylic acids is 1. The van der Waals surface area contributed by atoms with Crippen molar-refractivity contribution < 1.29 is 14.3 Å². The van der Waals surface area contributed by atoms with Gasteiger partial charge in [0.15, 0.2) is 4.80 Å². The van der Waals surface area contributed by atoms with Crippen molar-refractivity contribution >= 4 is 39.3 Å². The Morgan fingerprint density at radius 3 is 2.56 bits per heavy atom. The van der Waals surface area contributed by atoms with Gasteiger partial charge in [-0.1, -0.05) is 87.1 Å². The molecule has 0 fully saturated rings. The molecule has 230 valence electrons. The number of hydrogen-bond acceptors (Lipinski definition) is 7. The third-order valence-electron chi connectivity index (χ3n) is 7.59. The molecule has 0 saturated heterocycles. The highest BCUT2D eigenvalue weighted by molar-refractivity contribution is 9.10. The van der Waals surface area contributed by atoms with Crippen LogP contribution in [-0.2, 0) is 16.1 Å². The van der Waals surface area contributed by atoms with Crippen LogP contribution >= 0.6 is 27.3 Å². The van der Waals surface area contributed by atoms with Crippen LogP contribution in [0.4, 0.5) is 0 Å². The average Bonchev–Trinajstić information content (AvgIpc) is 3.34. The van der Waals surface area contributed by atoms with Gasteiger partial charge in [0.1, 0.15) is 12.4 Å². The van der Waals surface area contributed by atoms with E-state index in [1.54, 1.807) is 17.6 Å². The van der Waals surface area contributed by atoms with E-state index in [4.69, 9.17) is 14.5 Å². The number of carbonyl (C=O) groups is 1. The third-order valence-corrected chi connectivity index (χ3v) is 9.19. The van der Waals surface area contributed by atoms with Gasteiger partial charge in [-0.05, 0) is 76.2 Å². The molecule has 3 aromatic carbocycles. The summed E-state index contributed by atoms with van der Waals surface area (Å²) in [6.45, 7) is 8.56. The number of halogens is 1. The zero-order chi connectivity index (χ0) is 32.1. The van der Waals surface area contributed by atoms with Gasteiger partial charge in [0, 0.05) is 5.56 Å². The minimum absolute atomic E-state index is 0.224. The van der Waals surface area contributed by atoms with Crippen molar-refractivity contribution in [3.8, 4) is 11.8 Å². The summed E-state index contributed by atoms with van der Waals surface area (Å²) < 4.78 is 14.4. The number of thiazole rings is 1. The third kappa shape index (κ3) is 6.87. The monoisotopic (exact) mass is 683 g/mol. The van der Waals surface area contributed by atoms with E-state index < -0.39 is 12.0 Å². The number of nitriles is 1. The van der Waals surface area contributed by atoms with Gasteiger partial charge < -0.3 is 9.47 Å². The lowest BCUT2D eigenvalue weighted by Gasteiger charge is -2.26. The van der Waals surface area contributed by atoms with Crippen molar-refractivity contribution in [3.05, 3.63) is 130 Å². The molecule has 0 saturated carbocycles. The van der Waals surface area contributed by atoms with Gasteiger partial charge in [0.25, 0.3) is 5.56 Å². The van der Waals surface area contributed by atoms with Crippen molar-refractivity contribution in [2.45, 2.75) is 59.1 Å². The van der Waals surface area contributed by atoms with Crippen LogP contribution in [0.5, 0.6) is 5.75 Å². The normalized spacial score (nSPS) is 14.6. The Kier molecular flexibility index (Phi) is 10.2. The predicted molar refractivity (Wildman–Crippen MR) is 180 cm³/mol. The molecule has 0 spiro atoms. The van der Waals surface area contributed by atoms with Gasteiger partial charge in [-0.2, -0.15) is 5.26 Å². The fraction of sp³-hybridized carbons (Fsp3) is 0.278. The molecule has 1 aliphatic rings. The van der Waals surface area contributed by atoms with E-state index in [2.05, 4.69) is 48.0 Å². The lowest BCUT2D eigenvalue weighted by Crippen LogP contribution is -2.40. The molecule has 2 heterocycles. The van der Waals surface area contributed by atoms with Crippen LogP contribution in [0.25, 0.3) is 6.08 Å². The zero-order valence-electron chi connectivity index (χ0n) is 25.7. The number of hydrogen-bond donors (Lipinski definition) is 0. The highest BCUT2D eigenvalue weighted by atomic mass is 79.9. The molecule has 1 atom stereocenters. The highest BCUT2D eigenvalue weighted by Gasteiger charge is 2.34. The molecule has 7 nitrogen and oxygen atoms in total. The zero-order valence-corrected chi connectivity index (χ0v) is 28.1. The van der Waals surface area contributed by atoms with Crippen LogP contribution in [0.1, 0.15) is 80.3 Å². The molecule has 0 bridgehead atoms. The number of nitrogens with zero attached hydrogens (tertiary/aromatic N) is 3. The summed E-state index contributed by atoms with van der Waals surface area (Å²) in [6, 6.07) is 22.6. The number of fused-ring (bicyclic) bond motifs is 1. The first-order valence-electron chi connectivity index (χ1n) is 15.0. The molecule has 4 aromatic rings. The summed E-state index contributed by atoms with van der Waals surface area (Å²) >= 11 is 4.90. The Labute approximate surface area is 274 Å². The second-order valence-electron chi connectivity index (χ2n) is 11.0. The van der Waals surface area contributed by atoms with Gasteiger partial charge in [-0.25, -0.2) is 9.79 Å². The highest BCUT2D eigenvalue weighted by Crippen LogP contribution is 2.33. The standard InChI is InChI=1S/C36H34BrN3O4S/c1-5-9-29-32(35(42)43-6-2)33(25-15-13-24(14-16-25)22(3)4)40-34(41)31(45-36(40)39-29)19-23-12-17-30(28(37)18-23)44-21-27-11-8-7-10-26(27)20-38/h7-8,10-19,22,33H,5-6,9,21H2,1-4H3/b31-19+/t33-/m1/s1. The molecule has 0 aliphatic carbocycles. The van der Waals surface area contributed by atoms with Gasteiger partial charge >= 0.3 is 5.97 Å². The van der Waals surface area contributed by atoms with Gasteiger partial charge in [0.05, 0.1) is 44.6 Å². The van der Waals surface area contributed by atoms with Crippen molar-refractivity contribution in [1.82, 2.24) is 4.57 Å². The van der Waals surface area contributed by atoms with E-state index in [0.717, 1.165) is 27.6 Å². The summed E-state index contributed by atoms with van der Waals surface area (Å²) in [6.07, 6.45) is 3.21. The number of benzene rings is 3. The number of rotatable bonds is 10. The van der Waals surface area contributed by atoms with Crippen molar-refractivity contribution in [2.75, 3.05) is 6.61 Å². The SMILES string of the molecule is CCCC1=C(C(=O)OCC)[C@@H](c2ccc(C(C)C)cc2)n2c(s/c(=C/c3ccc(OCc4ccccc4C#N)c(Br)c3)c2=O)=N1. The van der Waals surface area contributed by atoms with E-state index in [9.17, 15) is 14.9 Å². The number of aromatic nitrogens is 1. The average molecular weight is 685 g/mol. The second kappa shape index (κ2) is 14.2. The molecule has 0 N–H and O–H groups in total. The van der Waals surface area contributed by atoms with Crippen molar-refractivity contribution in [1.29, 1.82) is 5.26 Å². The lowest BCUT2D eigenvalue weighted by molar-refractivity contribution is -0.139. The maximum Gasteiger partial charge on any atom is 0.338 e. The summed E-state index contributed by atoms with van der Waals surface area (Å²) in [5.74, 6) is 0.518. The maximum atomic E-state index is 14.1. The Morgan fingerprint density at radius 1 is 1.13 bits per heavy atom. The minimum atomic E-state index is -0.649. The van der Waals surface area contributed by atoms with Crippen LogP contribution in [0, 0.1) is 11.3 Å². The molecule has 0 amide bonds. The van der Waals surface area contributed by atoms with Gasteiger partial charge in [-0.3, -0.25) is 9.36 Å². The first kappa shape index (κ1) is 32.1. The van der Waals surface area contributed by atoms with Crippen molar-refractivity contribution in [2.24, 2.45) is 4.99 Å². The van der Waals surface area contributed by atoms with Crippen molar-refractivity contribution in [3.63, 3.8) is 0 Å². The molecular weight excluding hydrogens is 650 g/mol. The smallest absolute Gasteiger partial charge is 0.338 e. The largest absolute Gasteiger partial charge is 0.488 e. The predicted octanol–water partition coefficient (Wildman–Crippen LogP) is 6.92. The van der Waals surface area contributed by atoms with E-state index in [0.29, 0.717) is 44.3 Å². The quantitative estimate of drug-likeness (QED) is 0.169. The molecule has 1 aromatic heterocycles. The fourth-order valence-corrected chi connectivity index (χ4v) is 6.82.